The quantitative estimate of drug-likeness (QED) is 0.561. The fourth-order valence-electron chi connectivity index (χ4n) is 3.47. The molecule has 3 amide bonds. The molecule has 0 unspecified atom stereocenters. The van der Waals surface area contributed by atoms with E-state index in [1.165, 1.54) is 0 Å². The molecule has 2 aromatic carbocycles. The molecule has 0 radical (unpaired) electrons. The lowest BCUT2D eigenvalue weighted by Crippen LogP contribution is -2.38. The van der Waals surface area contributed by atoms with Crippen molar-refractivity contribution in [3.8, 4) is 11.5 Å². The number of rotatable bonds is 6. The summed E-state index contributed by atoms with van der Waals surface area (Å²) in [6.07, 6.45) is 1.93. The molecule has 2 heterocycles. The van der Waals surface area contributed by atoms with Crippen LogP contribution < -0.4 is 25.0 Å². The van der Waals surface area contributed by atoms with E-state index in [-0.39, 0.29) is 18.4 Å². The first kappa shape index (κ1) is 22.5. The van der Waals surface area contributed by atoms with Gasteiger partial charge in [-0.05, 0) is 42.0 Å². The number of methoxy groups -OCH3 is 2. The smallest absolute Gasteiger partial charge is 0.326 e. The summed E-state index contributed by atoms with van der Waals surface area (Å²) in [6.45, 7) is 0.615. The zero-order chi connectivity index (χ0) is 23.2. The van der Waals surface area contributed by atoms with Gasteiger partial charge in [0.05, 0.1) is 26.3 Å². The van der Waals surface area contributed by atoms with Gasteiger partial charge in [0.25, 0.3) is 0 Å². The van der Waals surface area contributed by atoms with Gasteiger partial charge in [-0.1, -0.05) is 12.1 Å². The fraction of sp³-hybridized carbons (Fsp3) is 0.208. The summed E-state index contributed by atoms with van der Waals surface area (Å²) < 4.78 is 10.5. The Bertz CT molecular complexity index is 1150. The zero-order valence-electron chi connectivity index (χ0n) is 18.3. The van der Waals surface area contributed by atoms with Crippen LogP contribution in [-0.2, 0) is 11.2 Å². The molecule has 8 nitrogen and oxygen atoms in total. The minimum absolute atomic E-state index is 0.158. The summed E-state index contributed by atoms with van der Waals surface area (Å²) in [5, 5.41) is 6.63. The van der Waals surface area contributed by atoms with Crippen LogP contribution in [0.2, 0.25) is 0 Å². The molecule has 0 saturated heterocycles. The van der Waals surface area contributed by atoms with Crippen LogP contribution in [-0.4, -0.2) is 43.4 Å². The second-order valence-corrected chi connectivity index (χ2v) is 8.33. The highest BCUT2D eigenvalue weighted by molar-refractivity contribution is 7.99. The third-order valence-electron chi connectivity index (χ3n) is 5.08. The number of aromatic nitrogens is 1. The molecule has 2 N–H and O–H groups in total. The number of nitrogens with one attached hydrogen (secondary N) is 2. The summed E-state index contributed by atoms with van der Waals surface area (Å²) in [6, 6.07) is 16.0. The van der Waals surface area contributed by atoms with Gasteiger partial charge in [-0.15, -0.1) is 11.8 Å². The van der Waals surface area contributed by atoms with Crippen LogP contribution in [0.25, 0.3) is 0 Å². The van der Waals surface area contributed by atoms with Crippen molar-refractivity contribution in [3.63, 3.8) is 0 Å². The topological polar surface area (TPSA) is 92.8 Å². The molecule has 1 aliphatic heterocycles. The molecular formula is C24H24N4O4S. The van der Waals surface area contributed by atoms with Crippen molar-refractivity contribution in [2.45, 2.75) is 11.4 Å². The molecule has 0 spiro atoms. The Hall–Kier alpha value is -3.72. The number of urea groups is 1. The van der Waals surface area contributed by atoms with Crippen molar-refractivity contribution < 1.29 is 19.1 Å². The lowest BCUT2D eigenvalue weighted by Gasteiger charge is -2.28. The van der Waals surface area contributed by atoms with Crippen molar-refractivity contribution in [3.05, 3.63) is 66.4 Å². The van der Waals surface area contributed by atoms with Crippen LogP contribution in [0.3, 0.4) is 0 Å². The Balaban J connectivity index is 1.35. The molecule has 170 valence electrons. The maximum atomic E-state index is 12.8. The van der Waals surface area contributed by atoms with E-state index >= 15 is 0 Å². The number of hydrogen-bond acceptors (Lipinski definition) is 6. The largest absolute Gasteiger partial charge is 0.493 e. The minimum Gasteiger partial charge on any atom is -0.493 e. The lowest BCUT2D eigenvalue weighted by molar-refractivity contribution is -0.115. The Morgan fingerprint density at radius 3 is 2.52 bits per heavy atom. The second kappa shape index (κ2) is 10.3. The Kier molecular flexibility index (Phi) is 6.99. The van der Waals surface area contributed by atoms with Gasteiger partial charge in [0.1, 0.15) is 5.03 Å². The molecule has 0 fully saturated rings. The van der Waals surface area contributed by atoms with Crippen LogP contribution in [0.4, 0.5) is 21.9 Å². The van der Waals surface area contributed by atoms with Gasteiger partial charge >= 0.3 is 6.03 Å². The number of carbonyl (C=O) groups excluding carboxylic acids is 2. The van der Waals surface area contributed by atoms with E-state index in [0.717, 1.165) is 22.0 Å². The van der Waals surface area contributed by atoms with Crippen LogP contribution in [0, 0.1) is 0 Å². The minimum atomic E-state index is -0.205. The number of pyridine rings is 1. The zero-order valence-corrected chi connectivity index (χ0v) is 19.1. The third-order valence-corrected chi connectivity index (χ3v) is 6.05. The predicted octanol–water partition coefficient (Wildman–Crippen LogP) is 4.42. The molecule has 1 aromatic heterocycles. The number of carbonyl (C=O) groups is 2. The molecule has 0 atom stereocenters. The highest BCUT2D eigenvalue weighted by Gasteiger charge is 2.23. The first-order valence-electron chi connectivity index (χ1n) is 10.3. The standard InChI is InChI=1S/C24H24N4O4S/c1-31-20-10-9-18(15-21(20)32-2)26-22(29)14-16-5-7-17(8-6-16)27-24(30)28-12-13-33-23-19(28)4-3-11-25-23/h3-11,15H,12-14H2,1-2H3,(H,26,29)(H,27,30). The maximum absolute atomic E-state index is 12.8. The number of ether oxygens (including phenoxy) is 2. The van der Waals surface area contributed by atoms with Crippen LogP contribution >= 0.6 is 11.8 Å². The molecule has 33 heavy (non-hydrogen) atoms. The van der Waals surface area contributed by atoms with Crippen LogP contribution in [0.15, 0.2) is 65.8 Å². The molecule has 0 bridgehead atoms. The van der Waals surface area contributed by atoms with Gasteiger partial charge in [-0.3, -0.25) is 9.69 Å². The molecule has 4 rings (SSSR count). The Morgan fingerprint density at radius 1 is 1.00 bits per heavy atom. The third kappa shape index (κ3) is 5.38. The monoisotopic (exact) mass is 464 g/mol. The van der Waals surface area contributed by atoms with Crippen molar-refractivity contribution in [2.75, 3.05) is 42.1 Å². The Labute approximate surface area is 196 Å². The summed E-state index contributed by atoms with van der Waals surface area (Å²) in [7, 11) is 3.10. The van der Waals surface area contributed by atoms with Gasteiger partial charge in [0.15, 0.2) is 11.5 Å². The summed E-state index contributed by atoms with van der Waals surface area (Å²) in [5.74, 6) is 1.78. The van der Waals surface area contributed by atoms with E-state index in [0.29, 0.717) is 29.4 Å². The van der Waals surface area contributed by atoms with Crippen molar-refractivity contribution in [2.24, 2.45) is 0 Å². The lowest BCUT2D eigenvalue weighted by atomic mass is 10.1. The van der Waals surface area contributed by atoms with Gasteiger partial charge < -0.3 is 20.1 Å². The van der Waals surface area contributed by atoms with E-state index in [1.54, 1.807) is 67.4 Å². The van der Waals surface area contributed by atoms with Crippen molar-refractivity contribution in [1.82, 2.24) is 4.98 Å². The number of fused-ring (bicyclic) bond motifs is 1. The SMILES string of the molecule is COc1ccc(NC(=O)Cc2ccc(NC(=O)N3CCSc4ncccc43)cc2)cc1OC. The number of amides is 3. The molecule has 0 saturated carbocycles. The van der Waals surface area contributed by atoms with E-state index in [1.807, 2.05) is 24.3 Å². The molecule has 0 aliphatic carbocycles. The summed E-state index contributed by atoms with van der Waals surface area (Å²) in [4.78, 5) is 31.3. The molecule has 3 aromatic rings. The first-order valence-corrected chi connectivity index (χ1v) is 11.3. The molecular weight excluding hydrogens is 440 g/mol. The van der Waals surface area contributed by atoms with Gasteiger partial charge in [0.2, 0.25) is 5.91 Å². The van der Waals surface area contributed by atoms with Crippen LogP contribution in [0.5, 0.6) is 11.5 Å². The highest BCUT2D eigenvalue weighted by Crippen LogP contribution is 2.33. The number of nitrogens with zero attached hydrogens (tertiary/aromatic N) is 2. The number of benzene rings is 2. The highest BCUT2D eigenvalue weighted by atomic mass is 32.2. The average Bonchev–Trinajstić information content (AvgIpc) is 2.84. The van der Waals surface area contributed by atoms with E-state index in [4.69, 9.17) is 9.47 Å². The fourth-order valence-corrected chi connectivity index (χ4v) is 4.39. The number of hydrogen-bond donors (Lipinski definition) is 2. The summed E-state index contributed by atoms with van der Waals surface area (Å²) in [5.41, 5.74) is 2.92. The molecule has 1 aliphatic rings. The Morgan fingerprint density at radius 2 is 1.76 bits per heavy atom. The number of thioether (sulfide) groups is 1. The van der Waals surface area contributed by atoms with E-state index in [9.17, 15) is 9.59 Å². The number of anilines is 3. The first-order chi connectivity index (χ1) is 16.1. The van der Waals surface area contributed by atoms with E-state index < -0.39 is 0 Å². The van der Waals surface area contributed by atoms with Crippen molar-refractivity contribution >= 4 is 40.8 Å². The normalized spacial score (nSPS) is 12.5. The maximum Gasteiger partial charge on any atom is 0.326 e. The second-order valence-electron chi connectivity index (χ2n) is 7.25. The summed E-state index contributed by atoms with van der Waals surface area (Å²) >= 11 is 1.64. The van der Waals surface area contributed by atoms with Gasteiger partial charge in [0, 0.05) is 35.9 Å². The average molecular weight is 465 g/mol. The van der Waals surface area contributed by atoms with Crippen LogP contribution in [0.1, 0.15) is 5.56 Å². The van der Waals surface area contributed by atoms with Crippen molar-refractivity contribution in [1.29, 1.82) is 0 Å². The van der Waals surface area contributed by atoms with Gasteiger partial charge in [-0.2, -0.15) is 0 Å². The van der Waals surface area contributed by atoms with E-state index in [2.05, 4.69) is 15.6 Å². The predicted molar refractivity (Wildman–Crippen MR) is 130 cm³/mol. The molecule has 9 heteroatoms. The van der Waals surface area contributed by atoms with Gasteiger partial charge in [-0.25, -0.2) is 9.78 Å².